The van der Waals surface area contributed by atoms with Gasteiger partial charge in [-0.05, 0) is 38.5 Å². The van der Waals surface area contributed by atoms with Crippen LogP contribution < -0.4 is 5.11 Å². The Balaban J connectivity index is 4.26. The van der Waals surface area contributed by atoms with Gasteiger partial charge in [-0.15, -0.1) is 0 Å². The van der Waals surface area contributed by atoms with Crippen molar-refractivity contribution in [2.24, 2.45) is 0 Å². The van der Waals surface area contributed by atoms with Crippen molar-refractivity contribution in [3.63, 3.8) is 0 Å². The van der Waals surface area contributed by atoms with Crippen LogP contribution in [0.1, 0.15) is 194 Å². The number of ether oxygens (including phenoxy) is 3. The standard InChI is InChI=1S/C45H83NO7/c1-6-8-10-12-14-16-17-18-19-20-21-22-23-24-25-26-28-30-32-34-36-44(48)53-41(39-51-38-37-42(45(49)50)46(3,4)5)40-52-43(47)35-33-31-29-27-15-13-11-9-7-2/h16-19,41-42H,6-15,20-40H2,1-5H3/b17-16+,19-18+. The Bertz CT molecular complexity index is 926. The van der Waals surface area contributed by atoms with Crippen molar-refractivity contribution in [1.29, 1.82) is 0 Å². The van der Waals surface area contributed by atoms with E-state index < -0.39 is 18.1 Å². The Labute approximate surface area is 326 Å². The van der Waals surface area contributed by atoms with Crippen molar-refractivity contribution < 1.29 is 38.2 Å². The third-order valence-corrected chi connectivity index (χ3v) is 9.87. The summed E-state index contributed by atoms with van der Waals surface area (Å²) < 4.78 is 17.1. The summed E-state index contributed by atoms with van der Waals surface area (Å²) in [5.74, 6) is -1.74. The van der Waals surface area contributed by atoms with Crippen LogP contribution >= 0.6 is 0 Å². The molecule has 0 aliphatic rings. The van der Waals surface area contributed by atoms with E-state index in [0.717, 1.165) is 38.5 Å². The zero-order valence-corrected chi connectivity index (χ0v) is 35.2. The number of carboxylic acids is 1. The van der Waals surface area contributed by atoms with E-state index in [2.05, 4.69) is 38.2 Å². The molecular formula is C45H83NO7. The topological polar surface area (TPSA) is 102 Å². The lowest BCUT2D eigenvalue weighted by atomic mass is 10.1. The first-order valence-corrected chi connectivity index (χ1v) is 21.9. The minimum Gasteiger partial charge on any atom is -0.544 e. The molecule has 2 atom stereocenters. The Morgan fingerprint density at radius 3 is 1.43 bits per heavy atom. The van der Waals surface area contributed by atoms with Gasteiger partial charge in [0, 0.05) is 19.3 Å². The Hall–Kier alpha value is -2.19. The fourth-order valence-corrected chi connectivity index (χ4v) is 6.41. The lowest BCUT2D eigenvalue weighted by molar-refractivity contribution is -0.889. The minimum atomic E-state index is -1.12. The van der Waals surface area contributed by atoms with Gasteiger partial charge in [-0.3, -0.25) is 9.59 Å². The van der Waals surface area contributed by atoms with Crippen molar-refractivity contribution in [1.82, 2.24) is 0 Å². The van der Waals surface area contributed by atoms with Gasteiger partial charge in [0.25, 0.3) is 0 Å². The number of carboxylic acid groups (broad SMARTS) is 1. The molecule has 8 heteroatoms. The number of aliphatic carboxylic acids is 1. The number of hydrogen-bond acceptors (Lipinski definition) is 7. The number of hydrogen-bond donors (Lipinski definition) is 0. The maximum Gasteiger partial charge on any atom is 0.306 e. The molecule has 0 saturated heterocycles. The van der Waals surface area contributed by atoms with Crippen LogP contribution in [0.3, 0.4) is 0 Å². The number of esters is 2. The van der Waals surface area contributed by atoms with Crippen molar-refractivity contribution in [3.05, 3.63) is 24.3 Å². The predicted molar refractivity (Wildman–Crippen MR) is 217 cm³/mol. The maximum absolute atomic E-state index is 12.7. The summed E-state index contributed by atoms with van der Waals surface area (Å²) in [4.78, 5) is 36.7. The highest BCUT2D eigenvalue weighted by molar-refractivity contribution is 5.70. The number of carbonyl (C=O) groups is 3. The van der Waals surface area contributed by atoms with Gasteiger partial charge in [-0.2, -0.15) is 0 Å². The highest BCUT2D eigenvalue weighted by Crippen LogP contribution is 2.15. The molecule has 0 heterocycles. The van der Waals surface area contributed by atoms with Crippen LogP contribution in [-0.4, -0.2) is 75.5 Å². The zero-order valence-electron chi connectivity index (χ0n) is 35.2. The van der Waals surface area contributed by atoms with Gasteiger partial charge >= 0.3 is 11.9 Å². The Kier molecular flexibility index (Phi) is 35.2. The van der Waals surface area contributed by atoms with Crippen LogP contribution in [0.5, 0.6) is 0 Å². The zero-order chi connectivity index (χ0) is 39.3. The molecule has 0 aliphatic heterocycles. The molecule has 8 nitrogen and oxygen atoms in total. The van der Waals surface area contributed by atoms with Crippen LogP contribution in [-0.2, 0) is 28.6 Å². The average molecular weight is 750 g/mol. The molecule has 0 aromatic rings. The molecule has 0 N–H and O–H groups in total. The van der Waals surface area contributed by atoms with Gasteiger partial charge in [-0.1, -0.05) is 160 Å². The normalized spacial score (nSPS) is 13.2. The van der Waals surface area contributed by atoms with Gasteiger partial charge in [0.15, 0.2) is 6.10 Å². The van der Waals surface area contributed by atoms with Gasteiger partial charge in [0.1, 0.15) is 12.6 Å². The maximum atomic E-state index is 12.7. The predicted octanol–water partition coefficient (Wildman–Crippen LogP) is 10.4. The average Bonchev–Trinajstić information content (AvgIpc) is 3.11. The summed E-state index contributed by atoms with van der Waals surface area (Å²) in [7, 11) is 5.40. The first kappa shape index (κ1) is 50.8. The van der Waals surface area contributed by atoms with Gasteiger partial charge in [0.2, 0.25) is 0 Å². The van der Waals surface area contributed by atoms with E-state index in [1.165, 1.54) is 122 Å². The van der Waals surface area contributed by atoms with Crippen LogP contribution in [0, 0.1) is 0 Å². The molecular weight excluding hydrogens is 666 g/mol. The molecule has 310 valence electrons. The molecule has 0 radical (unpaired) electrons. The third kappa shape index (κ3) is 35.3. The van der Waals surface area contributed by atoms with E-state index in [0.29, 0.717) is 12.8 Å². The molecule has 0 spiro atoms. The van der Waals surface area contributed by atoms with E-state index in [4.69, 9.17) is 14.2 Å². The fraction of sp³-hybridized carbons (Fsp3) is 0.844. The van der Waals surface area contributed by atoms with Gasteiger partial charge in [0.05, 0.1) is 40.3 Å². The van der Waals surface area contributed by atoms with Crippen molar-refractivity contribution >= 4 is 17.9 Å². The summed E-state index contributed by atoms with van der Waals surface area (Å²) in [6.07, 6.45) is 39.2. The largest absolute Gasteiger partial charge is 0.544 e. The van der Waals surface area contributed by atoms with E-state index in [9.17, 15) is 19.5 Å². The monoisotopic (exact) mass is 750 g/mol. The van der Waals surface area contributed by atoms with Gasteiger partial charge in [-0.25, -0.2) is 0 Å². The number of allylic oxidation sites excluding steroid dienone is 4. The summed E-state index contributed by atoms with van der Waals surface area (Å²) in [5, 5.41) is 11.6. The van der Waals surface area contributed by atoms with Crippen LogP contribution in [0.15, 0.2) is 24.3 Å². The molecule has 0 rings (SSSR count). The number of nitrogens with zero attached hydrogens (tertiary/aromatic N) is 1. The summed E-state index contributed by atoms with van der Waals surface area (Å²) in [6, 6.07) is -0.722. The molecule has 0 aromatic carbocycles. The molecule has 0 fully saturated rings. The van der Waals surface area contributed by atoms with Crippen LogP contribution in [0.2, 0.25) is 0 Å². The SMILES string of the molecule is CCCCCC/C=C/C=C/CCCCCCCCCCCCC(=O)OC(COCCC(C(=O)[O-])[N+](C)(C)C)COC(=O)CCCCCCCCCCC. The first-order chi connectivity index (χ1) is 25.6. The smallest absolute Gasteiger partial charge is 0.306 e. The quantitative estimate of drug-likeness (QED) is 0.0267. The number of carbonyl (C=O) groups excluding carboxylic acids is 3. The lowest BCUT2D eigenvalue weighted by Crippen LogP contribution is -2.55. The van der Waals surface area contributed by atoms with E-state index >= 15 is 0 Å². The summed E-state index contributed by atoms with van der Waals surface area (Å²) >= 11 is 0. The van der Waals surface area contributed by atoms with E-state index in [1.807, 2.05) is 0 Å². The number of likely N-dealkylation sites (N-methyl/N-ethyl adjacent to an activating group) is 1. The molecule has 0 bridgehead atoms. The van der Waals surface area contributed by atoms with Crippen LogP contribution in [0.4, 0.5) is 0 Å². The number of rotatable bonds is 39. The highest BCUT2D eigenvalue weighted by atomic mass is 16.6. The van der Waals surface area contributed by atoms with Crippen molar-refractivity contribution in [3.8, 4) is 0 Å². The number of quaternary nitrogens is 1. The highest BCUT2D eigenvalue weighted by Gasteiger charge is 2.25. The van der Waals surface area contributed by atoms with Gasteiger partial charge < -0.3 is 28.6 Å². The van der Waals surface area contributed by atoms with Crippen molar-refractivity contribution in [2.75, 3.05) is 41.0 Å². The second-order valence-electron chi connectivity index (χ2n) is 16.0. The molecule has 0 saturated carbocycles. The molecule has 0 aliphatic carbocycles. The lowest BCUT2D eigenvalue weighted by Gasteiger charge is -2.34. The summed E-state index contributed by atoms with van der Waals surface area (Å²) in [6.45, 7) is 4.63. The second kappa shape index (κ2) is 36.8. The molecule has 2 unspecified atom stereocenters. The first-order valence-electron chi connectivity index (χ1n) is 21.9. The van der Waals surface area contributed by atoms with Crippen molar-refractivity contribution in [2.45, 2.75) is 206 Å². The Morgan fingerprint density at radius 2 is 0.981 bits per heavy atom. The van der Waals surface area contributed by atoms with Crippen LogP contribution in [0.25, 0.3) is 0 Å². The Morgan fingerprint density at radius 1 is 0.566 bits per heavy atom. The second-order valence-corrected chi connectivity index (χ2v) is 16.0. The van der Waals surface area contributed by atoms with E-state index in [-0.39, 0.29) is 42.7 Å². The molecule has 0 aromatic heterocycles. The third-order valence-electron chi connectivity index (χ3n) is 9.87. The van der Waals surface area contributed by atoms with E-state index in [1.54, 1.807) is 21.1 Å². The molecule has 0 amide bonds. The number of unbranched alkanes of at least 4 members (excludes halogenated alkanes) is 22. The minimum absolute atomic E-state index is 0.0429. The molecule has 53 heavy (non-hydrogen) atoms. The fourth-order valence-electron chi connectivity index (χ4n) is 6.41. The summed E-state index contributed by atoms with van der Waals surface area (Å²) in [5.41, 5.74) is 0.